The first-order chi connectivity index (χ1) is 10.3. The van der Waals surface area contributed by atoms with Crippen LogP contribution in [0.2, 0.25) is 0 Å². The molecule has 3 rings (SSSR count). The van der Waals surface area contributed by atoms with E-state index >= 15 is 0 Å². The normalized spacial score (nSPS) is 10.5. The first-order valence-corrected chi connectivity index (χ1v) is 7.17. The van der Waals surface area contributed by atoms with E-state index < -0.39 is 0 Å². The van der Waals surface area contributed by atoms with E-state index in [9.17, 15) is 0 Å². The number of hydrogen-bond acceptors (Lipinski definition) is 3. The van der Waals surface area contributed by atoms with Gasteiger partial charge in [0.1, 0.15) is 11.5 Å². The van der Waals surface area contributed by atoms with Crippen LogP contribution in [-0.2, 0) is 6.54 Å². The first kappa shape index (κ1) is 13.6. The minimum Gasteiger partial charge on any atom is -0.457 e. The lowest BCUT2D eigenvalue weighted by molar-refractivity contribution is 0.483. The van der Waals surface area contributed by atoms with Gasteiger partial charge in [-0.3, -0.25) is 5.10 Å². The molecule has 0 fully saturated rings. The maximum atomic E-state index is 5.78. The topological polar surface area (TPSA) is 42.8 Å². The van der Waals surface area contributed by atoms with Crippen LogP contribution in [0.3, 0.4) is 0 Å². The number of hydrogen-bond donors (Lipinski definition) is 1. The molecule has 0 bridgehead atoms. The summed E-state index contributed by atoms with van der Waals surface area (Å²) in [5.74, 6) is 2.46. The summed E-state index contributed by atoms with van der Waals surface area (Å²) in [6.07, 6.45) is 0. The fourth-order valence-corrected chi connectivity index (χ4v) is 2.39. The standard InChI is InChI=1S/C16H15N3OS/c1-2-19-15(17-18-16(19)21)12-8-10-14(11-9-12)20-13-6-4-3-5-7-13/h3-11H,2H2,1H3,(H,18,21). The molecule has 1 heterocycles. The van der Waals surface area contributed by atoms with Crippen LogP contribution in [0.5, 0.6) is 11.5 Å². The Morgan fingerprint density at radius 1 is 1.05 bits per heavy atom. The van der Waals surface area contributed by atoms with E-state index in [1.165, 1.54) is 0 Å². The van der Waals surface area contributed by atoms with Crippen molar-refractivity contribution in [3.05, 3.63) is 59.4 Å². The van der Waals surface area contributed by atoms with E-state index in [0.717, 1.165) is 29.4 Å². The number of benzene rings is 2. The largest absolute Gasteiger partial charge is 0.457 e. The Morgan fingerprint density at radius 3 is 2.38 bits per heavy atom. The third-order valence-corrected chi connectivity index (χ3v) is 3.48. The van der Waals surface area contributed by atoms with Crippen LogP contribution in [0, 0.1) is 4.77 Å². The number of rotatable bonds is 4. The van der Waals surface area contributed by atoms with Crippen molar-refractivity contribution in [3.8, 4) is 22.9 Å². The first-order valence-electron chi connectivity index (χ1n) is 6.76. The van der Waals surface area contributed by atoms with Gasteiger partial charge < -0.3 is 9.30 Å². The molecule has 0 aliphatic rings. The minimum absolute atomic E-state index is 0.636. The molecule has 0 saturated heterocycles. The molecule has 4 nitrogen and oxygen atoms in total. The Labute approximate surface area is 128 Å². The van der Waals surface area contributed by atoms with Gasteiger partial charge in [0.05, 0.1) is 0 Å². The molecule has 0 radical (unpaired) electrons. The van der Waals surface area contributed by atoms with Gasteiger partial charge in [0.2, 0.25) is 0 Å². The number of nitrogens with zero attached hydrogens (tertiary/aromatic N) is 2. The molecule has 0 spiro atoms. The number of nitrogens with one attached hydrogen (secondary N) is 1. The molecule has 5 heteroatoms. The van der Waals surface area contributed by atoms with Crippen LogP contribution >= 0.6 is 12.2 Å². The monoisotopic (exact) mass is 297 g/mol. The quantitative estimate of drug-likeness (QED) is 0.725. The minimum atomic E-state index is 0.636. The van der Waals surface area contributed by atoms with Gasteiger partial charge in [-0.1, -0.05) is 18.2 Å². The highest BCUT2D eigenvalue weighted by Gasteiger charge is 2.07. The van der Waals surface area contributed by atoms with Crippen molar-refractivity contribution in [1.29, 1.82) is 0 Å². The fraction of sp³-hybridized carbons (Fsp3) is 0.125. The molecule has 0 saturated carbocycles. The molecular weight excluding hydrogens is 282 g/mol. The summed E-state index contributed by atoms with van der Waals surface area (Å²) in [7, 11) is 0. The maximum Gasteiger partial charge on any atom is 0.195 e. The molecule has 2 aromatic carbocycles. The van der Waals surface area contributed by atoms with E-state index in [1.807, 2.05) is 66.1 Å². The fourth-order valence-electron chi connectivity index (χ4n) is 2.13. The zero-order valence-corrected chi connectivity index (χ0v) is 12.4. The molecule has 1 aromatic heterocycles. The van der Waals surface area contributed by atoms with E-state index in [4.69, 9.17) is 17.0 Å². The van der Waals surface area contributed by atoms with Crippen LogP contribution in [0.15, 0.2) is 54.6 Å². The predicted octanol–water partition coefficient (Wildman–Crippen LogP) is 4.42. The summed E-state index contributed by atoms with van der Waals surface area (Å²) in [6, 6.07) is 17.5. The van der Waals surface area contributed by atoms with E-state index in [1.54, 1.807) is 0 Å². The van der Waals surface area contributed by atoms with Gasteiger partial charge in [0, 0.05) is 12.1 Å². The van der Waals surface area contributed by atoms with Crippen molar-refractivity contribution in [2.75, 3.05) is 0 Å². The van der Waals surface area contributed by atoms with E-state index in [0.29, 0.717) is 4.77 Å². The second kappa shape index (κ2) is 5.93. The van der Waals surface area contributed by atoms with Crippen molar-refractivity contribution in [2.45, 2.75) is 13.5 Å². The van der Waals surface area contributed by atoms with Crippen molar-refractivity contribution in [1.82, 2.24) is 14.8 Å². The molecule has 106 valence electrons. The predicted molar refractivity (Wildman–Crippen MR) is 85.0 cm³/mol. The van der Waals surface area contributed by atoms with Crippen molar-refractivity contribution in [2.24, 2.45) is 0 Å². The highest BCUT2D eigenvalue weighted by atomic mass is 32.1. The van der Waals surface area contributed by atoms with Crippen LogP contribution in [0.4, 0.5) is 0 Å². The van der Waals surface area contributed by atoms with Gasteiger partial charge in [-0.2, -0.15) is 5.10 Å². The van der Waals surface area contributed by atoms with E-state index in [2.05, 4.69) is 10.2 Å². The van der Waals surface area contributed by atoms with Crippen LogP contribution in [0.1, 0.15) is 6.92 Å². The molecule has 0 aliphatic carbocycles. The van der Waals surface area contributed by atoms with Gasteiger partial charge in [-0.15, -0.1) is 0 Å². The lowest BCUT2D eigenvalue weighted by Crippen LogP contribution is -1.97. The lowest BCUT2D eigenvalue weighted by atomic mass is 10.2. The molecular formula is C16H15N3OS. The Bertz CT molecular complexity index is 775. The van der Waals surface area contributed by atoms with Crippen LogP contribution < -0.4 is 4.74 Å². The average Bonchev–Trinajstić information content (AvgIpc) is 2.90. The molecule has 3 aromatic rings. The van der Waals surface area contributed by atoms with E-state index in [-0.39, 0.29) is 0 Å². The number of aromatic nitrogens is 3. The summed E-state index contributed by atoms with van der Waals surface area (Å²) in [4.78, 5) is 0. The number of ether oxygens (including phenoxy) is 1. The molecule has 0 atom stereocenters. The van der Waals surface area contributed by atoms with Gasteiger partial charge in [0.25, 0.3) is 0 Å². The summed E-state index contributed by atoms with van der Waals surface area (Å²) >= 11 is 5.20. The van der Waals surface area contributed by atoms with Crippen molar-refractivity contribution < 1.29 is 4.74 Å². The molecule has 0 amide bonds. The van der Waals surface area contributed by atoms with Crippen LogP contribution in [-0.4, -0.2) is 14.8 Å². The summed E-state index contributed by atoms with van der Waals surface area (Å²) in [5, 5.41) is 7.10. The smallest absolute Gasteiger partial charge is 0.195 e. The van der Waals surface area contributed by atoms with Crippen molar-refractivity contribution in [3.63, 3.8) is 0 Å². The maximum absolute atomic E-state index is 5.78. The second-order valence-electron chi connectivity index (χ2n) is 4.54. The average molecular weight is 297 g/mol. The lowest BCUT2D eigenvalue weighted by Gasteiger charge is -2.07. The van der Waals surface area contributed by atoms with Gasteiger partial charge in [0.15, 0.2) is 10.6 Å². The summed E-state index contributed by atoms with van der Waals surface area (Å²) in [5.41, 5.74) is 1.00. The molecule has 21 heavy (non-hydrogen) atoms. The molecule has 0 aliphatic heterocycles. The Hall–Kier alpha value is -2.40. The van der Waals surface area contributed by atoms with Gasteiger partial charge >= 0.3 is 0 Å². The number of aromatic amines is 1. The number of H-pyrrole nitrogens is 1. The molecule has 0 unspecified atom stereocenters. The number of para-hydroxylation sites is 1. The molecule has 1 N–H and O–H groups in total. The highest BCUT2D eigenvalue weighted by Crippen LogP contribution is 2.24. The SMILES string of the molecule is CCn1c(-c2ccc(Oc3ccccc3)cc2)n[nH]c1=S. The zero-order valence-electron chi connectivity index (χ0n) is 11.6. The highest BCUT2D eigenvalue weighted by molar-refractivity contribution is 7.71. The third-order valence-electron chi connectivity index (χ3n) is 3.17. The van der Waals surface area contributed by atoms with Crippen molar-refractivity contribution >= 4 is 12.2 Å². The van der Waals surface area contributed by atoms with Crippen LogP contribution in [0.25, 0.3) is 11.4 Å². The zero-order chi connectivity index (χ0) is 14.7. The Morgan fingerprint density at radius 2 is 1.71 bits per heavy atom. The van der Waals surface area contributed by atoms with Gasteiger partial charge in [-0.05, 0) is 55.5 Å². The summed E-state index contributed by atoms with van der Waals surface area (Å²) < 4.78 is 8.37. The van der Waals surface area contributed by atoms with Gasteiger partial charge in [-0.25, -0.2) is 0 Å². The summed E-state index contributed by atoms with van der Waals surface area (Å²) in [6.45, 7) is 2.83. The third kappa shape index (κ3) is 2.87. The Kier molecular flexibility index (Phi) is 3.83. The second-order valence-corrected chi connectivity index (χ2v) is 4.92. The Balaban J connectivity index is 1.85.